The van der Waals surface area contributed by atoms with Gasteiger partial charge in [0.2, 0.25) is 0 Å². The Kier molecular flexibility index (Phi) is 5.61. The van der Waals surface area contributed by atoms with Crippen molar-refractivity contribution in [2.75, 3.05) is 18.4 Å². The second-order valence-corrected chi connectivity index (χ2v) is 7.62. The van der Waals surface area contributed by atoms with E-state index >= 15 is 0 Å². The van der Waals surface area contributed by atoms with Crippen LogP contribution in [0, 0.1) is 0 Å². The van der Waals surface area contributed by atoms with Crippen molar-refractivity contribution in [2.24, 2.45) is 0 Å². The smallest absolute Gasteiger partial charge is 0.416 e. The number of anilines is 1. The zero-order chi connectivity index (χ0) is 23.1. The summed E-state index contributed by atoms with van der Waals surface area (Å²) in [5.41, 5.74) is -1.21. The number of nitrogens with one attached hydrogen (secondary N) is 2. The second kappa shape index (κ2) is 8.12. The molecule has 2 aromatic heterocycles. The van der Waals surface area contributed by atoms with E-state index < -0.39 is 29.9 Å². The highest BCUT2D eigenvalue weighted by Crippen LogP contribution is 2.46. The number of aromatic nitrogens is 2. The Morgan fingerprint density at radius 3 is 2.66 bits per heavy atom. The van der Waals surface area contributed by atoms with Gasteiger partial charge in [-0.3, -0.25) is 10.3 Å². The topological polar surface area (TPSA) is 76.1 Å². The van der Waals surface area contributed by atoms with Gasteiger partial charge in [-0.15, -0.1) is 0 Å². The summed E-state index contributed by atoms with van der Waals surface area (Å²) in [5.74, 6) is -4.18. The van der Waals surface area contributed by atoms with Gasteiger partial charge in [-0.25, -0.2) is 9.78 Å². The van der Waals surface area contributed by atoms with Crippen molar-refractivity contribution in [1.82, 2.24) is 15.3 Å². The van der Waals surface area contributed by atoms with Crippen molar-refractivity contribution >= 4 is 11.9 Å². The fourth-order valence-corrected chi connectivity index (χ4v) is 3.90. The van der Waals surface area contributed by atoms with Gasteiger partial charge in [0.25, 0.3) is 0 Å². The normalized spacial score (nSPS) is 21.3. The Morgan fingerprint density at radius 2 is 2.00 bits per heavy atom. The third kappa shape index (κ3) is 4.16. The van der Waals surface area contributed by atoms with E-state index in [4.69, 9.17) is 4.74 Å². The first-order valence-corrected chi connectivity index (χ1v) is 9.88. The third-order valence-corrected chi connectivity index (χ3v) is 5.48. The molecule has 2 aliphatic rings. The third-order valence-electron chi connectivity index (χ3n) is 5.48. The number of fused-ring (bicyclic) bond motifs is 1. The van der Waals surface area contributed by atoms with Gasteiger partial charge in [0.15, 0.2) is 6.10 Å². The predicted octanol–water partition coefficient (Wildman–Crippen LogP) is 5.05. The molecule has 0 saturated carbocycles. The van der Waals surface area contributed by atoms with E-state index in [0.29, 0.717) is 19.0 Å². The molecule has 1 saturated heterocycles. The van der Waals surface area contributed by atoms with Crippen LogP contribution in [0.5, 0.6) is 0 Å². The van der Waals surface area contributed by atoms with Gasteiger partial charge in [0.05, 0.1) is 16.8 Å². The minimum absolute atomic E-state index is 0.0438. The lowest BCUT2D eigenvalue weighted by Gasteiger charge is -2.31. The van der Waals surface area contributed by atoms with E-state index in [-0.39, 0.29) is 34.3 Å². The van der Waals surface area contributed by atoms with Crippen LogP contribution in [-0.2, 0) is 10.9 Å². The van der Waals surface area contributed by atoms with Crippen LogP contribution in [-0.4, -0.2) is 35.1 Å². The molecular weight excluding hydrogens is 435 g/mol. The maximum absolute atomic E-state index is 14.6. The molecule has 0 aromatic carbocycles. The summed E-state index contributed by atoms with van der Waals surface area (Å²) in [6, 6.07) is 3.06. The molecule has 2 aliphatic heterocycles. The molecule has 1 unspecified atom stereocenters. The Hall–Kier alpha value is -3.08. The highest BCUT2D eigenvalue weighted by Gasteiger charge is 2.46. The zero-order valence-corrected chi connectivity index (χ0v) is 16.7. The van der Waals surface area contributed by atoms with Crippen LogP contribution in [0.4, 0.5) is 32.6 Å². The number of pyridine rings is 2. The number of carbonyl (C=O) groups excluding carboxylic acids is 1. The number of amides is 1. The van der Waals surface area contributed by atoms with Crippen molar-refractivity contribution < 1.29 is 31.5 Å². The first kappa shape index (κ1) is 22.1. The summed E-state index contributed by atoms with van der Waals surface area (Å²) < 4.78 is 74.9. The lowest BCUT2D eigenvalue weighted by Crippen LogP contribution is -2.35. The van der Waals surface area contributed by atoms with E-state index in [2.05, 4.69) is 27.2 Å². The summed E-state index contributed by atoms with van der Waals surface area (Å²) >= 11 is 0. The Bertz CT molecular complexity index is 1050. The molecule has 6 nitrogen and oxygen atoms in total. The summed E-state index contributed by atoms with van der Waals surface area (Å²) in [5, 5.41) is 5.35. The van der Waals surface area contributed by atoms with Crippen LogP contribution in [0.2, 0.25) is 0 Å². The van der Waals surface area contributed by atoms with Crippen molar-refractivity contribution in [3.8, 4) is 11.3 Å². The van der Waals surface area contributed by atoms with Gasteiger partial charge in [-0.05, 0) is 43.7 Å². The maximum atomic E-state index is 14.6. The monoisotopic (exact) mass is 454 g/mol. The second-order valence-electron chi connectivity index (χ2n) is 7.62. The number of halogens is 5. The van der Waals surface area contributed by atoms with Crippen molar-refractivity contribution in [1.29, 1.82) is 0 Å². The molecule has 0 bridgehead atoms. The first-order chi connectivity index (χ1) is 15.1. The fraction of sp³-hybridized carbons (Fsp3) is 0.381. The van der Waals surface area contributed by atoms with Gasteiger partial charge in [0.1, 0.15) is 5.82 Å². The number of carbonyl (C=O) groups is 1. The first-order valence-electron chi connectivity index (χ1n) is 9.88. The average Bonchev–Trinajstić information content (AvgIpc) is 2.77. The van der Waals surface area contributed by atoms with Crippen LogP contribution in [0.25, 0.3) is 11.3 Å². The van der Waals surface area contributed by atoms with Gasteiger partial charge >= 0.3 is 18.2 Å². The van der Waals surface area contributed by atoms with E-state index in [1.807, 2.05) is 0 Å². The lowest BCUT2D eigenvalue weighted by atomic mass is 9.92. The van der Waals surface area contributed by atoms with Crippen LogP contribution < -0.4 is 10.6 Å². The molecule has 170 valence electrons. The molecule has 2 aromatic rings. The molecule has 0 radical (unpaired) electrons. The number of hydrogen-bond acceptors (Lipinski definition) is 5. The number of hydrogen-bond donors (Lipinski definition) is 2. The molecule has 1 amide bonds. The van der Waals surface area contributed by atoms with Gasteiger partial charge in [-0.2, -0.15) is 22.0 Å². The zero-order valence-electron chi connectivity index (χ0n) is 16.7. The summed E-state index contributed by atoms with van der Waals surface area (Å²) in [7, 11) is 0. The fourth-order valence-electron chi connectivity index (χ4n) is 3.90. The molecule has 0 aliphatic carbocycles. The van der Waals surface area contributed by atoms with Crippen molar-refractivity contribution in [3.63, 3.8) is 0 Å². The standard InChI is InChI=1S/C21H19F5N4O2/c1-2-20(22,23)17-16-13(5-7-28-18(16)30-19(31)32-17)15-9-12(21(24,25)26)8-14(29-15)11-4-3-6-27-10-11/h2,5,7-9,11,17,27H,1,3-4,6,10H2,(H,28,30,31)/t11?,17-/m1/s1. The maximum Gasteiger partial charge on any atom is 0.416 e. The van der Waals surface area contributed by atoms with Gasteiger partial charge in [0, 0.05) is 29.9 Å². The molecular formula is C21H19F5N4O2. The van der Waals surface area contributed by atoms with Crippen LogP contribution >= 0.6 is 0 Å². The molecule has 2 atom stereocenters. The molecule has 32 heavy (non-hydrogen) atoms. The van der Waals surface area contributed by atoms with Crippen LogP contribution in [0.1, 0.15) is 41.7 Å². The number of alkyl halides is 5. The Morgan fingerprint density at radius 1 is 1.22 bits per heavy atom. The molecule has 4 rings (SSSR count). The summed E-state index contributed by atoms with van der Waals surface area (Å²) in [6.07, 6.45) is -5.01. The van der Waals surface area contributed by atoms with Crippen molar-refractivity contribution in [3.05, 3.63) is 53.9 Å². The number of nitrogens with zero attached hydrogens (tertiary/aromatic N) is 2. The predicted molar refractivity (Wildman–Crippen MR) is 105 cm³/mol. The Balaban J connectivity index is 1.91. The summed E-state index contributed by atoms with van der Waals surface area (Å²) in [6.45, 7) is 4.29. The SMILES string of the molecule is C=CC(F)(F)[C@@H]1OC(=O)Nc2nccc(-c3cc(C(F)(F)F)cc(C4CCCNC4)n3)c21. The largest absolute Gasteiger partial charge is 0.434 e. The highest BCUT2D eigenvalue weighted by atomic mass is 19.4. The molecule has 0 spiro atoms. The number of rotatable bonds is 4. The van der Waals surface area contributed by atoms with E-state index in [0.717, 1.165) is 25.1 Å². The van der Waals surface area contributed by atoms with E-state index in [1.54, 1.807) is 0 Å². The summed E-state index contributed by atoms with van der Waals surface area (Å²) in [4.78, 5) is 20.1. The van der Waals surface area contributed by atoms with Crippen LogP contribution in [0.15, 0.2) is 37.1 Å². The van der Waals surface area contributed by atoms with E-state index in [9.17, 15) is 26.7 Å². The van der Waals surface area contributed by atoms with Gasteiger partial charge < -0.3 is 10.1 Å². The van der Waals surface area contributed by atoms with Crippen LogP contribution in [0.3, 0.4) is 0 Å². The average molecular weight is 454 g/mol. The van der Waals surface area contributed by atoms with Gasteiger partial charge in [-0.1, -0.05) is 6.58 Å². The number of piperidine rings is 1. The Labute approximate surface area is 179 Å². The highest BCUT2D eigenvalue weighted by molar-refractivity contribution is 5.89. The number of ether oxygens (including phenoxy) is 1. The lowest BCUT2D eigenvalue weighted by molar-refractivity contribution is -0.137. The molecule has 4 heterocycles. The molecule has 2 N–H and O–H groups in total. The minimum Gasteiger partial charge on any atom is -0.434 e. The van der Waals surface area contributed by atoms with Crippen molar-refractivity contribution in [2.45, 2.75) is 37.0 Å². The van der Waals surface area contributed by atoms with E-state index in [1.165, 1.54) is 12.3 Å². The number of cyclic esters (lactones) is 1. The molecule has 1 fully saturated rings. The minimum atomic E-state index is -4.67. The molecule has 11 heteroatoms. The quantitative estimate of drug-likeness (QED) is 0.499.